The molecule has 3 rings (SSSR count). The Kier molecular flexibility index (Phi) is 7.45. The third-order valence-electron chi connectivity index (χ3n) is 5.47. The molecule has 0 spiro atoms. The van der Waals surface area contributed by atoms with E-state index in [2.05, 4.69) is 6.92 Å². The molecule has 8 heteroatoms. The van der Waals surface area contributed by atoms with Crippen molar-refractivity contribution in [3.05, 3.63) is 63.6 Å². The molecule has 162 valence electrons. The molecule has 1 aliphatic rings. The van der Waals surface area contributed by atoms with E-state index in [1.165, 1.54) is 4.31 Å². The van der Waals surface area contributed by atoms with Crippen molar-refractivity contribution in [3.63, 3.8) is 0 Å². The monoisotopic (exact) mass is 468 g/mol. The number of hydrogen-bond donors (Lipinski definition) is 0. The topological polar surface area (TPSA) is 57.7 Å². The predicted octanol–water partition coefficient (Wildman–Crippen LogP) is 4.75. The number of hydrogen-bond acceptors (Lipinski definition) is 3. The first-order valence-electron chi connectivity index (χ1n) is 9.95. The zero-order valence-corrected chi connectivity index (χ0v) is 19.5. The van der Waals surface area contributed by atoms with Gasteiger partial charge in [-0.25, -0.2) is 8.42 Å². The number of piperidine rings is 1. The van der Waals surface area contributed by atoms with E-state index in [0.717, 1.165) is 18.4 Å². The van der Waals surface area contributed by atoms with Gasteiger partial charge in [0.25, 0.3) is 0 Å². The molecule has 0 aliphatic carbocycles. The third-order valence-corrected chi connectivity index (χ3v) is 7.86. The Morgan fingerprint density at radius 1 is 1.10 bits per heavy atom. The quantitative estimate of drug-likeness (QED) is 0.614. The summed E-state index contributed by atoms with van der Waals surface area (Å²) in [5.74, 6) is 0.386. The summed E-state index contributed by atoms with van der Waals surface area (Å²) >= 11 is 12.3. The maximum atomic E-state index is 13.4. The lowest BCUT2D eigenvalue weighted by Gasteiger charge is -2.32. The van der Waals surface area contributed by atoms with Crippen LogP contribution in [0.25, 0.3) is 0 Å². The van der Waals surface area contributed by atoms with Crippen LogP contribution in [0.4, 0.5) is 0 Å². The maximum absolute atomic E-state index is 13.4. The summed E-state index contributed by atoms with van der Waals surface area (Å²) in [7, 11) is -3.89. The summed E-state index contributed by atoms with van der Waals surface area (Å²) in [6.45, 7) is 5.12. The largest absolute Gasteiger partial charge is 0.342 e. The molecule has 0 unspecified atom stereocenters. The second kappa shape index (κ2) is 9.69. The van der Waals surface area contributed by atoms with Crippen LogP contribution < -0.4 is 0 Å². The van der Waals surface area contributed by atoms with Gasteiger partial charge in [-0.15, -0.1) is 0 Å². The number of halogens is 2. The molecule has 1 aliphatic heterocycles. The van der Waals surface area contributed by atoms with Crippen molar-refractivity contribution in [1.29, 1.82) is 0 Å². The highest BCUT2D eigenvalue weighted by molar-refractivity contribution is 7.89. The second-order valence-electron chi connectivity index (χ2n) is 7.89. The molecule has 1 amide bonds. The summed E-state index contributed by atoms with van der Waals surface area (Å²) in [6, 6.07) is 11.5. The maximum Gasteiger partial charge on any atom is 0.243 e. The van der Waals surface area contributed by atoms with E-state index in [9.17, 15) is 13.2 Å². The van der Waals surface area contributed by atoms with Gasteiger partial charge in [0.05, 0.1) is 11.4 Å². The van der Waals surface area contributed by atoms with Gasteiger partial charge in [-0.05, 0) is 55.5 Å². The average Bonchev–Trinajstić information content (AvgIpc) is 2.70. The minimum atomic E-state index is -3.89. The number of aryl methyl sites for hydroxylation is 1. The van der Waals surface area contributed by atoms with Crippen molar-refractivity contribution in [3.8, 4) is 0 Å². The highest BCUT2D eigenvalue weighted by atomic mass is 35.5. The molecule has 0 radical (unpaired) electrons. The Balaban J connectivity index is 1.89. The molecule has 30 heavy (non-hydrogen) atoms. The van der Waals surface area contributed by atoms with Crippen LogP contribution in [-0.4, -0.2) is 43.2 Å². The fourth-order valence-corrected chi connectivity index (χ4v) is 5.27. The average molecular weight is 469 g/mol. The number of amides is 1. The summed E-state index contributed by atoms with van der Waals surface area (Å²) in [6.07, 6.45) is 1.86. The molecule has 0 aromatic heterocycles. The first kappa shape index (κ1) is 23.1. The standard InChI is InChI=1S/C22H26Cl2N2O3S/c1-16-3-7-20(8-4-16)30(28,29)26(14-18-5-6-19(23)13-21(18)24)15-22(27)25-11-9-17(2)10-12-25/h3-8,13,17H,9-12,14-15H2,1-2H3. The molecule has 5 nitrogen and oxygen atoms in total. The Morgan fingerprint density at radius 3 is 2.33 bits per heavy atom. The third kappa shape index (κ3) is 5.55. The lowest BCUT2D eigenvalue weighted by molar-refractivity contribution is -0.132. The fraction of sp³-hybridized carbons (Fsp3) is 0.409. The Morgan fingerprint density at radius 2 is 1.73 bits per heavy atom. The molecule has 1 saturated heterocycles. The molecule has 0 N–H and O–H groups in total. The van der Waals surface area contributed by atoms with E-state index < -0.39 is 10.0 Å². The van der Waals surface area contributed by atoms with Gasteiger partial charge in [-0.1, -0.05) is 53.9 Å². The van der Waals surface area contributed by atoms with Gasteiger partial charge in [0.15, 0.2) is 0 Å². The van der Waals surface area contributed by atoms with E-state index in [0.29, 0.717) is 34.6 Å². The van der Waals surface area contributed by atoms with Crippen LogP contribution in [0.1, 0.15) is 30.9 Å². The van der Waals surface area contributed by atoms with Gasteiger partial charge in [-0.3, -0.25) is 4.79 Å². The number of carbonyl (C=O) groups excluding carboxylic acids is 1. The first-order chi connectivity index (χ1) is 14.2. The lowest BCUT2D eigenvalue weighted by atomic mass is 9.99. The smallest absolute Gasteiger partial charge is 0.243 e. The van der Waals surface area contributed by atoms with Crippen molar-refractivity contribution in [2.24, 2.45) is 5.92 Å². The fourth-order valence-electron chi connectivity index (χ4n) is 3.43. The first-order valence-corrected chi connectivity index (χ1v) is 12.1. The number of nitrogens with zero attached hydrogens (tertiary/aromatic N) is 2. The van der Waals surface area contributed by atoms with E-state index in [1.54, 1.807) is 47.4 Å². The molecule has 2 aromatic rings. The zero-order valence-electron chi connectivity index (χ0n) is 17.1. The van der Waals surface area contributed by atoms with E-state index in [-0.39, 0.29) is 23.9 Å². The van der Waals surface area contributed by atoms with Gasteiger partial charge in [0.2, 0.25) is 15.9 Å². The molecule has 1 heterocycles. The van der Waals surface area contributed by atoms with Crippen LogP contribution in [0.15, 0.2) is 47.4 Å². The summed E-state index contributed by atoms with van der Waals surface area (Å²) in [5.41, 5.74) is 1.55. The van der Waals surface area contributed by atoms with Crippen LogP contribution in [0.2, 0.25) is 10.0 Å². The molecule has 0 atom stereocenters. The summed E-state index contributed by atoms with van der Waals surface area (Å²) in [4.78, 5) is 14.8. The zero-order chi connectivity index (χ0) is 21.9. The molecular formula is C22H26Cl2N2O3S. The second-order valence-corrected chi connectivity index (χ2v) is 10.7. The van der Waals surface area contributed by atoms with Gasteiger partial charge in [0, 0.05) is 29.7 Å². The van der Waals surface area contributed by atoms with Crippen molar-refractivity contribution in [1.82, 2.24) is 9.21 Å². The van der Waals surface area contributed by atoms with Crippen molar-refractivity contribution < 1.29 is 13.2 Å². The van der Waals surface area contributed by atoms with Gasteiger partial charge < -0.3 is 4.90 Å². The van der Waals surface area contributed by atoms with Gasteiger partial charge in [0.1, 0.15) is 0 Å². The summed E-state index contributed by atoms with van der Waals surface area (Å²) in [5, 5.41) is 0.834. The number of carbonyl (C=O) groups is 1. The van der Waals surface area contributed by atoms with Crippen LogP contribution in [0, 0.1) is 12.8 Å². The van der Waals surface area contributed by atoms with Crippen molar-refractivity contribution in [2.45, 2.75) is 38.1 Å². The molecule has 0 bridgehead atoms. The SMILES string of the molecule is Cc1ccc(S(=O)(=O)N(CC(=O)N2CCC(C)CC2)Cc2ccc(Cl)cc2Cl)cc1. The Labute approximate surface area is 188 Å². The normalized spacial score (nSPS) is 15.6. The highest BCUT2D eigenvalue weighted by Gasteiger charge is 2.30. The summed E-state index contributed by atoms with van der Waals surface area (Å²) < 4.78 is 28.0. The Bertz CT molecular complexity index is 1000. The predicted molar refractivity (Wildman–Crippen MR) is 120 cm³/mol. The molecular weight excluding hydrogens is 443 g/mol. The molecule has 0 saturated carbocycles. The number of sulfonamides is 1. The van der Waals surface area contributed by atoms with Crippen molar-refractivity contribution in [2.75, 3.05) is 19.6 Å². The van der Waals surface area contributed by atoms with Crippen LogP contribution in [0.5, 0.6) is 0 Å². The molecule has 2 aromatic carbocycles. The van der Waals surface area contributed by atoms with E-state index in [1.807, 2.05) is 6.92 Å². The van der Waals surface area contributed by atoms with Gasteiger partial charge in [-0.2, -0.15) is 4.31 Å². The van der Waals surface area contributed by atoms with Crippen LogP contribution in [-0.2, 0) is 21.4 Å². The van der Waals surface area contributed by atoms with E-state index >= 15 is 0 Å². The minimum absolute atomic E-state index is 0.0117. The number of benzene rings is 2. The molecule has 1 fully saturated rings. The van der Waals surface area contributed by atoms with E-state index in [4.69, 9.17) is 23.2 Å². The highest BCUT2D eigenvalue weighted by Crippen LogP contribution is 2.26. The minimum Gasteiger partial charge on any atom is -0.342 e. The van der Waals surface area contributed by atoms with Crippen LogP contribution >= 0.6 is 23.2 Å². The van der Waals surface area contributed by atoms with Crippen molar-refractivity contribution >= 4 is 39.1 Å². The van der Waals surface area contributed by atoms with Gasteiger partial charge >= 0.3 is 0 Å². The Hall–Kier alpha value is -1.60. The number of likely N-dealkylation sites (tertiary alicyclic amines) is 1. The lowest BCUT2D eigenvalue weighted by Crippen LogP contribution is -2.45. The number of rotatable bonds is 6. The van der Waals surface area contributed by atoms with Crippen LogP contribution in [0.3, 0.4) is 0 Å².